The van der Waals surface area contributed by atoms with Crippen molar-refractivity contribution in [2.75, 3.05) is 0 Å². The molecule has 2 rings (SSSR count). The van der Waals surface area contributed by atoms with Crippen molar-refractivity contribution in [3.63, 3.8) is 0 Å². The predicted molar refractivity (Wildman–Crippen MR) is 62.7 cm³/mol. The molecule has 1 heterocycles. The van der Waals surface area contributed by atoms with Crippen molar-refractivity contribution >= 4 is 15.9 Å². The zero-order valence-electron chi connectivity index (χ0n) is 8.31. The molecule has 0 atom stereocenters. The van der Waals surface area contributed by atoms with E-state index in [1.165, 1.54) is 0 Å². The minimum absolute atomic E-state index is 0.271. The fourth-order valence-corrected chi connectivity index (χ4v) is 1.93. The molecular formula is C11H11BrN2O. The van der Waals surface area contributed by atoms with Crippen LogP contribution < -0.4 is 0 Å². The van der Waals surface area contributed by atoms with Crippen LogP contribution in [0.4, 0.5) is 0 Å². The Bertz CT molecular complexity index is 479. The van der Waals surface area contributed by atoms with Crippen LogP contribution >= 0.6 is 15.9 Å². The van der Waals surface area contributed by atoms with Crippen molar-refractivity contribution in [3.8, 4) is 17.0 Å². The fourth-order valence-electron chi connectivity index (χ4n) is 1.52. The Labute approximate surface area is 96.5 Å². The molecular weight excluding hydrogens is 256 g/mol. The molecule has 0 aliphatic heterocycles. The van der Waals surface area contributed by atoms with Crippen LogP contribution in [0.15, 0.2) is 34.9 Å². The molecule has 1 aromatic heterocycles. The van der Waals surface area contributed by atoms with Gasteiger partial charge in [0.05, 0.1) is 5.69 Å². The highest BCUT2D eigenvalue weighted by Crippen LogP contribution is 2.25. The SMILES string of the molecule is CCn1nc(Br)cc1-c1cccc(O)c1. The van der Waals surface area contributed by atoms with Gasteiger partial charge in [-0.1, -0.05) is 12.1 Å². The summed E-state index contributed by atoms with van der Waals surface area (Å²) in [4.78, 5) is 0. The Balaban J connectivity index is 2.53. The van der Waals surface area contributed by atoms with Gasteiger partial charge in [-0.25, -0.2) is 0 Å². The quantitative estimate of drug-likeness (QED) is 0.908. The second kappa shape index (κ2) is 4.06. The lowest BCUT2D eigenvalue weighted by atomic mass is 10.1. The normalized spacial score (nSPS) is 10.5. The summed E-state index contributed by atoms with van der Waals surface area (Å²) in [6, 6.07) is 9.11. The first kappa shape index (κ1) is 10.2. The van der Waals surface area contributed by atoms with Crippen LogP contribution in [-0.2, 0) is 6.54 Å². The summed E-state index contributed by atoms with van der Waals surface area (Å²) in [6.45, 7) is 2.84. The molecule has 0 amide bonds. The van der Waals surface area contributed by atoms with Gasteiger partial charge < -0.3 is 5.11 Å². The summed E-state index contributed by atoms with van der Waals surface area (Å²) in [7, 11) is 0. The number of hydrogen-bond donors (Lipinski definition) is 1. The van der Waals surface area contributed by atoms with E-state index < -0.39 is 0 Å². The van der Waals surface area contributed by atoms with E-state index in [1.807, 2.05) is 29.8 Å². The van der Waals surface area contributed by atoms with Gasteiger partial charge in [0.15, 0.2) is 0 Å². The Morgan fingerprint density at radius 2 is 2.20 bits per heavy atom. The molecule has 1 N–H and O–H groups in total. The Morgan fingerprint density at radius 3 is 2.87 bits per heavy atom. The lowest BCUT2D eigenvalue weighted by molar-refractivity contribution is 0.475. The molecule has 0 fully saturated rings. The summed E-state index contributed by atoms with van der Waals surface area (Å²) in [5.41, 5.74) is 1.97. The van der Waals surface area contributed by atoms with E-state index in [4.69, 9.17) is 0 Å². The smallest absolute Gasteiger partial charge is 0.128 e. The number of aromatic nitrogens is 2. The zero-order chi connectivity index (χ0) is 10.8. The highest BCUT2D eigenvalue weighted by atomic mass is 79.9. The van der Waals surface area contributed by atoms with Crippen molar-refractivity contribution in [1.82, 2.24) is 9.78 Å². The van der Waals surface area contributed by atoms with E-state index >= 15 is 0 Å². The molecule has 4 heteroatoms. The van der Waals surface area contributed by atoms with Gasteiger partial charge in [-0.05, 0) is 41.1 Å². The first-order chi connectivity index (χ1) is 7.20. The molecule has 0 aliphatic carbocycles. The minimum Gasteiger partial charge on any atom is -0.508 e. The number of nitrogens with zero attached hydrogens (tertiary/aromatic N) is 2. The van der Waals surface area contributed by atoms with Gasteiger partial charge in [0.25, 0.3) is 0 Å². The zero-order valence-corrected chi connectivity index (χ0v) is 9.90. The maximum Gasteiger partial charge on any atom is 0.128 e. The molecule has 0 aliphatic rings. The number of hydrogen-bond acceptors (Lipinski definition) is 2. The third-order valence-corrected chi connectivity index (χ3v) is 2.58. The molecule has 0 radical (unpaired) electrons. The molecule has 0 saturated heterocycles. The van der Waals surface area contributed by atoms with Crippen LogP contribution in [0, 0.1) is 0 Å². The van der Waals surface area contributed by atoms with Gasteiger partial charge in [0.1, 0.15) is 10.4 Å². The molecule has 0 bridgehead atoms. The number of benzene rings is 1. The van der Waals surface area contributed by atoms with Gasteiger partial charge >= 0.3 is 0 Å². The third kappa shape index (κ3) is 2.04. The number of phenolic OH excluding ortho intramolecular Hbond substituents is 1. The number of rotatable bonds is 2. The van der Waals surface area contributed by atoms with E-state index in [0.29, 0.717) is 0 Å². The summed E-state index contributed by atoms with van der Waals surface area (Å²) >= 11 is 3.35. The van der Waals surface area contributed by atoms with Gasteiger partial charge in [-0.2, -0.15) is 5.10 Å². The average Bonchev–Trinajstić information content (AvgIpc) is 2.59. The van der Waals surface area contributed by atoms with E-state index in [0.717, 1.165) is 22.4 Å². The molecule has 0 spiro atoms. The standard InChI is InChI=1S/C11H11BrN2O/c1-2-14-10(7-11(12)13-14)8-4-3-5-9(15)6-8/h3-7,15H,2H2,1H3. The lowest BCUT2D eigenvalue weighted by Gasteiger charge is -2.04. The molecule has 15 heavy (non-hydrogen) atoms. The van der Waals surface area contributed by atoms with Crippen LogP contribution in [0.1, 0.15) is 6.92 Å². The van der Waals surface area contributed by atoms with E-state index in [1.54, 1.807) is 12.1 Å². The molecule has 78 valence electrons. The molecule has 3 nitrogen and oxygen atoms in total. The van der Waals surface area contributed by atoms with Crippen LogP contribution in [0.5, 0.6) is 5.75 Å². The molecule has 1 aromatic carbocycles. The van der Waals surface area contributed by atoms with Crippen molar-refractivity contribution in [3.05, 3.63) is 34.9 Å². The number of phenols is 1. The molecule has 0 unspecified atom stereocenters. The lowest BCUT2D eigenvalue weighted by Crippen LogP contribution is -1.98. The van der Waals surface area contributed by atoms with Gasteiger partial charge in [-0.3, -0.25) is 4.68 Å². The van der Waals surface area contributed by atoms with Gasteiger partial charge in [0.2, 0.25) is 0 Å². The third-order valence-electron chi connectivity index (χ3n) is 2.19. The van der Waals surface area contributed by atoms with E-state index in [9.17, 15) is 5.11 Å². The Kier molecular flexibility index (Phi) is 2.77. The first-order valence-electron chi connectivity index (χ1n) is 4.73. The maximum atomic E-state index is 9.40. The van der Waals surface area contributed by atoms with Crippen LogP contribution in [0.25, 0.3) is 11.3 Å². The summed E-state index contributed by atoms with van der Waals surface area (Å²) in [5, 5.41) is 13.7. The summed E-state index contributed by atoms with van der Waals surface area (Å²) in [5.74, 6) is 0.271. The first-order valence-corrected chi connectivity index (χ1v) is 5.52. The van der Waals surface area contributed by atoms with Gasteiger partial charge in [-0.15, -0.1) is 0 Å². The monoisotopic (exact) mass is 266 g/mol. The topological polar surface area (TPSA) is 38.0 Å². The van der Waals surface area contributed by atoms with E-state index in [-0.39, 0.29) is 5.75 Å². The number of halogens is 1. The van der Waals surface area contributed by atoms with Crippen LogP contribution in [0.2, 0.25) is 0 Å². The van der Waals surface area contributed by atoms with Crippen LogP contribution in [0.3, 0.4) is 0 Å². The van der Waals surface area contributed by atoms with Gasteiger partial charge in [0, 0.05) is 12.1 Å². The largest absolute Gasteiger partial charge is 0.508 e. The number of aromatic hydroxyl groups is 1. The number of aryl methyl sites for hydroxylation is 1. The highest BCUT2D eigenvalue weighted by Gasteiger charge is 2.07. The van der Waals surface area contributed by atoms with Crippen LogP contribution in [-0.4, -0.2) is 14.9 Å². The second-order valence-corrected chi connectivity index (χ2v) is 4.03. The van der Waals surface area contributed by atoms with Crippen molar-refractivity contribution in [2.24, 2.45) is 0 Å². The average molecular weight is 267 g/mol. The van der Waals surface area contributed by atoms with Crippen molar-refractivity contribution in [1.29, 1.82) is 0 Å². The second-order valence-electron chi connectivity index (χ2n) is 3.22. The maximum absolute atomic E-state index is 9.40. The Morgan fingerprint density at radius 1 is 1.40 bits per heavy atom. The molecule has 2 aromatic rings. The summed E-state index contributed by atoms with van der Waals surface area (Å²) in [6.07, 6.45) is 0. The highest BCUT2D eigenvalue weighted by molar-refractivity contribution is 9.10. The summed E-state index contributed by atoms with van der Waals surface area (Å²) < 4.78 is 2.70. The Hall–Kier alpha value is -1.29. The van der Waals surface area contributed by atoms with E-state index in [2.05, 4.69) is 21.0 Å². The van der Waals surface area contributed by atoms with Crippen molar-refractivity contribution < 1.29 is 5.11 Å². The fraction of sp³-hybridized carbons (Fsp3) is 0.182. The minimum atomic E-state index is 0.271. The van der Waals surface area contributed by atoms with Crippen molar-refractivity contribution in [2.45, 2.75) is 13.5 Å². The molecule has 0 saturated carbocycles. The predicted octanol–water partition coefficient (Wildman–Crippen LogP) is 3.04.